The average Bonchev–Trinajstić information content (AvgIpc) is 3.73. The zero-order valence-corrected chi connectivity index (χ0v) is 30.0. The molecule has 1 spiro atoms. The molecule has 5 aliphatic rings. The third kappa shape index (κ3) is 6.67. The summed E-state index contributed by atoms with van der Waals surface area (Å²) in [6.07, 6.45) is 2.99. The van der Waals surface area contributed by atoms with Gasteiger partial charge in [-0.1, -0.05) is 41.5 Å². The van der Waals surface area contributed by atoms with Crippen LogP contribution in [0, 0.1) is 35.5 Å². The Kier molecular flexibility index (Phi) is 10.9. The lowest BCUT2D eigenvalue weighted by Gasteiger charge is -2.49. The van der Waals surface area contributed by atoms with Crippen molar-refractivity contribution in [3.63, 3.8) is 0 Å². The van der Waals surface area contributed by atoms with Gasteiger partial charge in [0.1, 0.15) is 0 Å². The molecule has 11 heteroatoms. The van der Waals surface area contributed by atoms with Crippen LogP contribution in [0.4, 0.5) is 0 Å². The van der Waals surface area contributed by atoms with Crippen molar-refractivity contribution in [2.45, 2.75) is 172 Å². The minimum Gasteiger partial charge on any atom is -0.481 e. The molecule has 0 aromatic carbocycles. The largest absolute Gasteiger partial charge is 0.481 e. The molecule has 11 nitrogen and oxygen atoms in total. The Bertz CT molecular complexity index is 1110. The second-order valence-electron chi connectivity index (χ2n) is 16.3. The van der Waals surface area contributed by atoms with Gasteiger partial charge in [0.05, 0.1) is 66.5 Å². The van der Waals surface area contributed by atoms with Gasteiger partial charge in [0.25, 0.3) is 0 Å². The van der Waals surface area contributed by atoms with E-state index in [2.05, 4.69) is 27.7 Å². The maximum Gasteiger partial charge on any atom is 0.308 e. The molecule has 5 aliphatic heterocycles. The van der Waals surface area contributed by atoms with Crippen LogP contribution in [-0.2, 0) is 33.2 Å². The molecule has 0 aliphatic carbocycles. The maximum absolute atomic E-state index is 11.8. The molecule has 0 aromatic rings. The van der Waals surface area contributed by atoms with Crippen LogP contribution in [0.2, 0.25) is 0 Å². The average molecular weight is 671 g/mol. The molecule has 0 bridgehead atoms. The molecule has 0 saturated carbocycles. The highest BCUT2D eigenvalue weighted by Gasteiger charge is 2.62. The Hall–Kier alpha value is -0.890. The maximum atomic E-state index is 11.8. The van der Waals surface area contributed by atoms with Crippen molar-refractivity contribution in [3.05, 3.63) is 0 Å². The van der Waals surface area contributed by atoms with Crippen LogP contribution >= 0.6 is 0 Å². The van der Waals surface area contributed by atoms with Crippen molar-refractivity contribution in [1.29, 1.82) is 0 Å². The molecule has 272 valence electrons. The number of rotatable bonds is 10. The first-order valence-electron chi connectivity index (χ1n) is 18.1. The summed E-state index contributed by atoms with van der Waals surface area (Å²) in [6.45, 7) is 15.6. The molecular formula is C36H62O11. The summed E-state index contributed by atoms with van der Waals surface area (Å²) in [5.41, 5.74) is -1.15. The quantitative estimate of drug-likeness (QED) is 0.264. The normalized spacial score (nSPS) is 50.9. The van der Waals surface area contributed by atoms with Crippen molar-refractivity contribution >= 4 is 5.97 Å². The van der Waals surface area contributed by atoms with Gasteiger partial charge in [0.2, 0.25) is 0 Å². The number of aliphatic carboxylic acids is 1. The Morgan fingerprint density at radius 3 is 2.34 bits per heavy atom. The predicted octanol–water partition coefficient (Wildman–Crippen LogP) is 4.27. The summed E-state index contributed by atoms with van der Waals surface area (Å²) in [6, 6.07) is 0. The van der Waals surface area contributed by atoms with E-state index >= 15 is 0 Å². The van der Waals surface area contributed by atoms with Crippen LogP contribution in [0.15, 0.2) is 0 Å². The predicted molar refractivity (Wildman–Crippen MR) is 172 cm³/mol. The zero-order valence-electron chi connectivity index (χ0n) is 30.0. The Morgan fingerprint density at radius 2 is 1.72 bits per heavy atom. The van der Waals surface area contributed by atoms with Gasteiger partial charge in [0, 0.05) is 37.7 Å². The SMILES string of the molecule is CC[C@]1([C@H]2O[C@H]([C@@H]3O[C@](O)(CO)[C@@H](C)C[C@H]3C)C[C@H]2C)CC[C@@H]([C@@]2(C)CC[C@@]3(C[C@@H](O)[C@H](C)[C@H]([C@H](C)[C@H](OC)[C@H](C)C(=O)O)O3)O2)O1. The minimum atomic E-state index is -1.56. The zero-order chi connectivity index (χ0) is 34.7. The van der Waals surface area contributed by atoms with E-state index in [9.17, 15) is 25.2 Å². The summed E-state index contributed by atoms with van der Waals surface area (Å²) in [5, 5.41) is 41.8. The van der Waals surface area contributed by atoms with Gasteiger partial charge >= 0.3 is 5.97 Å². The third-order valence-electron chi connectivity index (χ3n) is 13.0. The number of carbonyl (C=O) groups is 1. The molecule has 0 amide bonds. The summed E-state index contributed by atoms with van der Waals surface area (Å²) in [4.78, 5) is 11.8. The lowest BCUT2D eigenvalue weighted by Crippen LogP contribution is -2.57. The van der Waals surface area contributed by atoms with Crippen LogP contribution in [0.1, 0.15) is 107 Å². The fourth-order valence-electron chi connectivity index (χ4n) is 9.91. The van der Waals surface area contributed by atoms with Crippen molar-refractivity contribution in [2.75, 3.05) is 13.7 Å². The number of carboxylic acids is 1. The fourth-order valence-corrected chi connectivity index (χ4v) is 9.91. The first-order chi connectivity index (χ1) is 22.0. The van der Waals surface area contributed by atoms with E-state index < -0.39 is 59.6 Å². The van der Waals surface area contributed by atoms with Crippen molar-refractivity contribution < 1.29 is 53.6 Å². The lowest BCUT2D eigenvalue weighted by molar-refractivity contribution is -0.336. The van der Waals surface area contributed by atoms with Gasteiger partial charge in [-0.3, -0.25) is 4.79 Å². The molecule has 5 rings (SSSR count). The van der Waals surface area contributed by atoms with Gasteiger partial charge in [-0.05, 0) is 64.2 Å². The number of ether oxygens (including phenoxy) is 6. The van der Waals surface area contributed by atoms with E-state index in [-0.39, 0.29) is 54.0 Å². The fraction of sp³-hybridized carbons (Fsp3) is 0.972. The molecule has 17 atom stereocenters. The topological polar surface area (TPSA) is 153 Å². The van der Waals surface area contributed by atoms with E-state index in [0.29, 0.717) is 19.3 Å². The third-order valence-corrected chi connectivity index (χ3v) is 13.0. The number of hydrogen-bond acceptors (Lipinski definition) is 10. The van der Waals surface area contributed by atoms with Crippen LogP contribution in [0.25, 0.3) is 0 Å². The molecule has 4 N–H and O–H groups in total. The summed E-state index contributed by atoms with van der Waals surface area (Å²) in [7, 11) is 1.52. The minimum absolute atomic E-state index is 0.153. The highest BCUT2D eigenvalue weighted by Crippen LogP contribution is 2.55. The van der Waals surface area contributed by atoms with E-state index in [1.807, 2.05) is 20.8 Å². The van der Waals surface area contributed by atoms with Gasteiger partial charge < -0.3 is 48.8 Å². The van der Waals surface area contributed by atoms with E-state index in [4.69, 9.17) is 28.4 Å². The number of methoxy groups -OCH3 is 1. The van der Waals surface area contributed by atoms with E-state index in [1.54, 1.807) is 6.92 Å². The summed E-state index contributed by atoms with van der Waals surface area (Å²) < 4.78 is 39.4. The van der Waals surface area contributed by atoms with Crippen LogP contribution in [0.3, 0.4) is 0 Å². The standard InChI is InChI=1S/C36H62O11/c1-10-34(31-20(3)16-26(43-31)28-19(2)15-21(4)36(41,18-37)46-28)12-11-27(44-34)33(8)13-14-35(47-33)17-25(38)22(5)30(45-35)23(6)29(42-9)24(7)32(39)40/h19-31,37-38,41H,10-18H2,1-9H3,(H,39,40)/t19-,20-,21+,22+,23-,24+,25-,26+,27+,28-,29+,30-,31+,33-,34-,35+,36-/m1/s1. The molecule has 0 aromatic heterocycles. The molecule has 47 heavy (non-hydrogen) atoms. The second kappa shape index (κ2) is 13.7. The van der Waals surface area contributed by atoms with Crippen molar-refractivity contribution in [2.24, 2.45) is 35.5 Å². The molecule has 0 radical (unpaired) electrons. The molecule has 5 fully saturated rings. The number of hydrogen-bond donors (Lipinski definition) is 4. The van der Waals surface area contributed by atoms with E-state index in [0.717, 1.165) is 32.1 Å². The molecule has 5 saturated heterocycles. The Balaban J connectivity index is 1.29. The molecule has 5 heterocycles. The van der Waals surface area contributed by atoms with Crippen molar-refractivity contribution in [1.82, 2.24) is 0 Å². The highest BCUT2D eigenvalue weighted by molar-refractivity contribution is 5.70. The van der Waals surface area contributed by atoms with Crippen LogP contribution in [0.5, 0.6) is 0 Å². The summed E-state index contributed by atoms with van der Waals surface area (Å²) >= 11 is 0. The lowest BCUT2D eigenvalue weighted by atomic mass is 9.78. The van der Waals surface area contributed by atoms with Gasteiger partial charge in [0.15, 0.2) is 11.6 Å². The van der Waals surface area contributed by atoms with Gasteiger partial charge in [-0.2, -0.15) is 0 Å². The summed E-state index contributed by atoms with van der Waals surface area (Å²) in [5.74, 6) is -4.52. The monoisotopic (exact) mass is 670 g/mol. The smallest absolute Gasteiger partial charge is 0.308 e. The molecule has 0 unspecified atom stereocenters. The molecular weight excluding hydrogens is 608 g/mol. The highest BCUT2D eigenvalue weighted by atomic mass is 16.7. The Morgan fingerprint density at radius 1 is 1.02 bits per heavy atom. The van der Waals surface area contributed by atoms with Gasteiger partial charge in [-0.15, -0.1) is 0 Å². The number of aliphatic hydroxyl groups is 3. The van der Waals surface area contributed by atoms with Crippen LogP contribution < -0.4 is 0 Å². The second-order valence-corrected chi connectivity index (χ2v) is 16.3. The number of aliphatic hydroxyl groups excluding tert-OH is 2. The van der Waals surface area contributed by atoms with Gasteiger partial charge in [-0.25, -0.2) is 0 Å². The van der Waals surface area contributed by atoms with Crippen molar-refractivity contribution in [3.8, 4) is 0 Å². The van der Waals surface area contributed by atoms with Crippen LogP contribution in [-0.4, -0.2) is 106 Å². The Labute approximate surface area is 281 Å². The first-order valence-corrected chi connectivity index (χ1v) is 18.1. The van der Waals surface area contributed by atoms with E-state index in [1.165, 1.54) is 7.11 Å². The first kappa shape index (κ1) is 37.4. The number of carboxylic acid groups (broad SMARTS) is 1.